The number of hydrogen-bond donors (Lipinski definition) is 2. The fourth-order valence-corrected chi connectivity index (χ4v) is 4.80. The molecule has 2 N–H and O–H groups in total. The molecule has 1 fully saturated rings. The molecule has 1 aliphatic carbocycles. The molecule has 9 heteroatoms. The summed E-state index contributed by atoms with van der Waals surface area (Å²) in [6, 6.07) is 9.24. The monoisotopic (exact) mass is 466 g/mol. The number of aromatic nitrogens is 2. The average molecular weight is 467 g/mol. The molecular weight excluding hydrogens is 436 g/mol. The van der Waals surface area contributed by atoms with E-state index >= 15 is 0 Å². The molecule has 1 aromatic heterocycles. The molecule has 180 valence electrons. The lowest BCUT2D eigenvalue weighted by Crippen LogP contribution is -2.25. The maximum absolute atomic E-state index is 12.3. The Labute approximate surface area is 198 Å². The van der Waals surface area contributed by atoms with E-state index in [9.17, 15) is 9.59 Å². The van der Waals surface area contributed by atoms with Gasteiger partial charge in [0, 0.05) is 37.2 Å². The third kappa shape index (κ3) is 4.02. The minimum atomic E-state index is -0.168. The first-order valence-electron chi connectivity index (χ1n) is 11.2. The molecule has 2 amide bonds. The molecular formula is C25H30N4O5. The Morgan fingerprint density at radius 3 is 2.26 bits per heavy atom. The molecule has 1 saturated carbocycles. The van der Waals surface area contributed by atoms with E-state index in [-0.39, 0.29) is 23.8 Å². The third-order valence-corrected chi connectivity index (χ3v) is 6.49. The molecule has 34 heavy (non-hydrogen) atoms. The van der Waals surface area contributed by atoms with Gasteiger partial charge in [0.1, 0.15) is 5.82 Å². The zero-order chi connectivity index (χ0) is 24.4. The van der Waals surface area contributed by atoms with Crippen LogP contribution in [-0.2, 0) is 4.79 Å². The molecule has 2 atom stereocenters. The molecule has 9 nitrogen and oxygen atoms in total. The Balaban J connectivity index is 1.93. The Kier molecular flexibility index (Phi) is 6.63. The van der Waals surface area contributed by atoms with Crippen LogP contribution in [0.1, 0.15) is 35.7 Å². The lowest BCUT2D eigenvalue weighted by Gasteiger charge is -2.19. The number of nitrogens with zero attached hydrogens (tertiary/aromatic N) is 2. The van der Waals surface area contributed by atoms with Crippen LogP contribution in [0.25, 0.3) is 22.4 Å². The van der Waals surface area contributed by atoms with E-state index in [1.165, 1.54) is 0 Å². The van der Waals surface area contributed by atoms with Crippen molar-refractivity contribution < 1.29 is 23.8 Å². The normalized spacial score (nSPS) is 17.4. The maximum atomic E-state index is 12.3. The Hall–Kier alpha value is -3.75. The number of fused-ring (bicyclic) bond motifs is 1. The number of imidazole rings is 1. The van der Waals surface area contributed by atoms with Crippen molar-refractivity contribution in [3.05, 3.63) is 35.9 Å². The summed E-state index contributed by atoms with van der Waals surface area (Å²) in [5.41, 5.74) is 2.94. The van der Waals surface area contributed by atoms with Crippen LogP contribution in [0.3, 0.4) is 0 Å². The van der Waals surface area contributed by atoms with E-state index in [2.05, 4.69) is 15.2 Å². The number of benzene rings is 2. The van der Waals surface area contributed by atoms with Crippen LogP contribution in [0, 0.1) is 5.92 Å². The summed E-state index contributed by atoms with van der Waals surface area (Å²) in [5.74, 6) is 2.07. The van der Waals surface area contributed by atoms with E-state index < -0.39 is 0 Å². The van der Waals surface area contributed by atoms with E-state index in [1.54, 1.807) is 41.5 Å². The van der Waals surface area contributed by atoms with Crippen LogP contribution < -0.4 is 24.8 Å². The minimum absolute atomic E-state index is 0.0429. The van der Waals surface area contributed by atoms with Crippen molar-refractivity contribution in [3.8, 4) is 28.6 Å². The first-order chi connectivity index (χ1) is 16.4. The largest absolute Gasteiger partial charge is 0.493 e. The van der Waals surface area contributed by atoms with E-state index in [0.717, 1.165) is 29.4 Å². The Morgan fingerprint density at radius 1 is 0.971 bits per heavy atom. The SMILES string of the molecule is CNC(=O)c1ccc2nc(-c3cc(OC)c(OC)c(OC)c3)n(C3CCC(C(=O)NC)C3)c2c1. The van der Waals surface area contributed by atoms with Crippen LogP contribution >= 0.6 is 0 Å². The van der Waals surface area contributed by atoms with Gasteiger partial charge in [0.15, 0.2) is 11.5 Å². The summed E-state index contributed by atoms with van der Waals surface area (Å²) in [6.07, 6.45) is 2.30. The molecule has 0 bridgehead atoms. The van der Waals surface area contributed by atoms with Crippen LogP contribution in [0.2, 0.25) is 0 Å². The van der Waals surface area contributed by atoms with Crippen molar-refractivity contribution in [1.82, 2.24) is 20.2 Å². The van der Waals surface area contributed by atoms with Crippen molar-refractivity contribution in [2.75, 3.05) is 35.4 Å². The molecule has 3 aromatic rings. The number of rotatable bonds is 7. The fourth-order valence-electron chi connectivity index (χ4n) is 4.80. The molecule has 1 heterocycles. The van der Waals surface area contributed by atoms with Gasteiger partial charge in [-0.3, -0.25) is 9.59 Å². The average Bonchev–Trinajstić information content (AvgIpc) is 3.51. The number of carbonyl (C=O) groups excluding carboxylic acids is 2. The van der Waals surface area contributed by atoms with Gasteiger partial charge in [-0.15, -0.1) is 0 Å². The summed E-state index contributed by atoms with van der Waals surface area (Å²) >= 11 is 0. The number of nitrogens with one attached hydrogen (secondary N) is 2. The molecule has 0 radical (unpaired) electrons. The highest BCUT2D eigenvalue weighted by molar-refractivity contribution is 5.97. The van der Waals surface area contributed by atoms with Crippen molar-refractivity contribution in [1.29, 1.82) is 0 Å². The van der Waals surface area contributed by atoms with Crippen molar-refractivity contribution in [2.24, 2.45) is 5.92 Å². The maximum Gasteiger partial charge on any atom is 0.251 e. The third-order valence-electron chi connectivity index (χ3n) is 6.49. The highest BCUT2D eigenvalue weighted by atomic mass is 16.5. The predicted molar refractivity (Wildman–Crippen MR) is 129 cm³/mol. The second-order valence-corrected chi connectivity index (χ2v) is 8.28. The first kappa shape index (κ1) is 23.4. The highest BCUT2D eigenvalue weighted by Crippen LogP contribution is 2.44. The summed E-state index contributed by atoms with van der Waals surface area (Å²) in [4.78, 5) is 29.6. The van der Waals surface area contributed by atoms with E-state index in [4.69, 9.17) is 19.2 Å². The van der Waals surface area contributed by atoms with Gasteiger partial charge in [-0.25, -0.2) is 4.98 Å². The second kappa shape index (κ2) is 9.62. The predicted octanol–water partition coefficient (Wildman–Crippen LogP) is 3.18. The zero-order valence-corrected chi connectivity index (χ0v) is 20.1. The zero-order valence-electron chi connectivity index (χ0n) is 20.1. The number of carbonyl (C=O) groups is 2. The van der Waals surface area contributed by atoms with Crippen LogP contribution in [0.15, 0.2) is 30.3 Å². The van der Waals surface area contributed by atoms with Crippen molar-refractivity contribution >= 4 is 22.8 Å². The van der Waals surface area contributed by atoms with Gasteiger partial charge in [0.05, 0.1) is 32.4 Å². The minimum Gasteiger partial charge on any atom is -0.493 e. The second-order valence-electron chi connectivity index (χ2n) is 8.28. The fraction of sp³-hybridized carbons (Fsp3) is 0.400. The van der Waals surface area contributed by atoms with Crippen LogP contribution in [0.5, 0.6) is 17.2 Å². The van der Waals surface area contributed by atoms with Gasteiger partial charge >= 0.3 is 0 Å². The van der Waals surface area contributed by atoms with Crippen LogP contribution in [-0.4, -0.2) is 56.8 Å². The number of methoxy groups -OCH3 is 3. The van der Waals surface area contributed by atoms with Gasteiger partial charge < -0.3 is 29.4 Å². The Bertz CT molecular complexity index is 1210. The molecule has 0 aliphatic heterocycles. The molecule has 2 unspecified atom stereocenters. The number of amides is 2. The van der Waals surface area contributed by atoms with Gasteiger partial charge in [-0.2, -0.15) is 0 Å². The van der Waals surface area contributed by atoms with Crippen molar-refractivity contribution in [3.63, 3.8) is 0 Å². The number of hydrogen-bond acceptors (Lipinski definition) is 6. The van der Waals surface area contributed by atoms with E-state index in [1.807, 2.05) is 24.3 Å². The van der Waals surface area contributed by atoms with Gasteiger partial charge in [0.25, 0.3) is 5.91 Å². The highest BCUT2D eigenvalue weighted by Gasteiger charge is 2.33. The summed E-state index contributed by atoms with van der Waals surface area (Å²) in [7, 11) is 7.98. The van der Waals surface area contributed by atoms with Gasteiger partial charge in [0.2, 0.25) is 11.7 Å². The van der Waals surface area contributed by atoms with Crippen molar-refractivity contribution in [2.45, 2.75) is 25.3 Å². The molecule has 0 saturated heterocycles. The smallest absolute Gasteiger partial charge is 0.251 e. The standard InChI is InChI=1S/C25H30N4O5/c1-26-24(30)14-6-8-17(10-14)29-19-11-15(25(31)27-2)7-9-18(19)28-23(29)16-12-20(32-3)22(34-5)21(13-16)33-4/h7,9,11-14,17H,6,8,10H2,1-5H3,(H,26,30)(H,27,31). The molecule has 2 aromatic carbocycles. The lowest BCUT2D eigenvalue weighted by atomic mass is 10.1. The Morgan fingerprint density at radius 2 is 1.68 bits per heavy atom. The molecule has 4 rings (SSSR count). The van der Waals surface area contributed by atoms with E-state index in [0.29, 0.717) is 35.1 Å². The van der Waals surface area contributed by atoms with Crippen LogP contribution in [0.4, 0.5) is 0 Å². The summed E-state index contributed by atoms with van der Waals surface area (Å²) in [6.45, 7) is 0. The van der Waals surface area contributed by atoms with Gasteiger partial charge in [-0.05, 0) is 49.6 Å². The topological polar surface area (TPSA) is 104 Å². The quantitative estimate of drug-likeness (QED) is 0.554. The van der Waals surface area contributed by atoms with Gasteiger partial charge in [-0.1, -0.05) is 0 Å². The number of ether oxygens (including phenoxy) is 3. The summed E-state index contributed by atoms with van der Waals surface area (Å²) in [5, 5.41) is 5.44. The molecule has 1 aliphatic rings. The first-order valence-corrected chi connectivity index (χ1v) is 11.2. The summed E-state index contributed by atoms with van der Waals surface area (Å²) < 4.78 is 18.7. The lowest BCUT2D eigenvalue weighted by molar-refractivity contribution is -0.124. The molecule has 0 spiro atoms.